The number of fused-ring (bicyclic) bond motifs is 1. The Balaban J connectivity index is 1.39. The fraction of sp³-hybridized carbons (Fsp3) is 0.257. The van der Waals surface area contributed by atoms with Gasteiger partial charge in [-0.15, -0.1) is 0 Å². The van der Waals surface area contributed by atoms with Crippen LogP contribution in [0.3, 0.4) is 0 Å². The summed E-state index contributed by atoms with van der Waals surface area (Å²) in [6, 6.07) is 18.2. The summed E-state index contributed by atoms with van der Waals surface area (Å²) >= 11 is 0. The number of hydrogen-bond acceptors (Lipinski definition) is 6. The molecule has 0 spiro atoms. The van der Waals surface area contributed by atoms with Gasteiger partial charge in [-0.3, -0.25) is 9.59 Å². The number of halogens is 3. The van der Waals surface area contributed by atoms with E-state index in [0.717, 1.165) is 23.1 Å². The Morgan fingerprint density at radius 3 is 2.41 bits per heavy atom. The molecule has 3 aromatic carbocycles. The van der Waals surface area contributed by atoms with Gasteiger partial charge in [-0.05, 0) is 77.7 Å². The van der Waals surface area contributed by atoms with Crippen molar-refractivity contribution in [2.24, 2.45) is 0 Å². The summed E-state index contributed by atoms with van der Waals surface area (Å²) in [6.45, 7) is -0.873. The van der Waals surface area contributed by atoms with Gasteiger partial charge in [-0.1, -0.05) is 25.5 Å². The highest BCUT2D eigenvalue weighted by Gasteiger charge is 2.50. The lowest BCUT2D eigenvalue weighted by Crippen LogP contribution is -2.58. The van der Waals surface area contributed by atoms with E-state index in [-0.39, 0.29) is 18.7 Å². The van der Waals surface area contributed by atoms with Crippen LogP contribution < -0.4 is 10.6 Å². The summed E-state index contributed by atoms with van der Waals surface area (Å²) in [5.41, 5.74) is 3.18. The van der Waals surface area contributed by atoms with Crippen LogP contribution >= 0.6 is 0 Å². The van der Waals surface area contributed by atoms with E-state index in [4.69, 9.17) is 4.42 Å². The highest BCUT2D eigenvalue weighted by atomic mass is 19.3. The fourth-order valence-electron chi connectivity index (χ4n) is 6.05. The second kappa shape index (κ2) is 12.8. The van der Waals surface area contributed by atoms with E-state index in [0.29, 0.717) is 45.7 Å². The molecule has 6 rings (SSSR count). The topological polar surface area (TPSA) is 106 Å². The summed E-state index contributed by atoms with van der Waals surface area (Å²) in [6.07, 6.45) is 4.05. The Bertz CT molecular complexity index is 1890. The molecule has 1 aliphatic carbocycles. The van der Waals surface area contributed by atoms with Crippen molar-refractivity contribution in [2.45, 2.75) is 50.9 Å². The molecule has 8 nitrogen and oxygen atoms in total. The third kappa shape index (κ3) is 5.97. The Kier molecular flexibility index (Phi) is 8.59. The first-order valence-electron chi connectivity index (χ1n) is 14.9. The summed E-state index contributed by atoms with van der Waals surface area (Å²) in [5, 5.41) is 6.24. The van der Waals surface area contributed by atoms with Crippen LogP contribution in [-0.4, -0.2) is 41.5 Å². The lowest BCUT2D eigenvalue weighted by molar-refractivity contribution is -0.198. The van der Waals surface area contributed by atoms with Crippen LogP contribution in [-0.2, 0) is 16.7 Å². The number of rotatable bonds is 10. The van der Waals surface area contributed by atoms with E-state index in [1.54, 1.807) is 36.4 Å². The van der Waals surface area contributed by atoms with E-state index >= 15 is 0 Å². The number of carbonyl (C=O) groups excluding carboxylic acids is 2. The van der Waals surface area contributed by atoms with Crippen LogP contribution in [0.15, 0.2) is 83.5 Å². The maximum atomic E-state index is 13.7. The average molecular weight is 629 g/mol. The quantitative estimate of drug-likeness (QED) is 0.172. The molecule has 5 aromatic rings. The number of furan rings is 1. The first kappa shape index (κ1) is 31.0. The zero-order chi connectivity index (χ0) is 32.4. The summed E-state index contributed by atoms with van der Waals surface area (Å²) in [7, 11) is 1.53. The molecule has 0 radical (unpaired) electrons. The fourth-order valence-corrected chi connectivity index (χ4v) is 6.05. The Morgan fingerprint density at radius 2 is 1.74 bits per heavy atom. The number of hydrogen-bond donors (Lipinski definition) is 2. The largest absolute Gasteiger partial charge is 0.455 e. The van der Waals surface area contributed by atoms with Crippen molar-refractivity contribution in [3.05, 3.63) is 107 Å². The third-order valence-electron chi connectivity index (χ3n) is 8.22. The molecule has 2 aromatic heterocycles. The minimum atomic E-state index is -2.92. The van der Waals surface area contributed by atoms with Crippen LogP contribution in [0.4, 0.5) is 13.2 Å². The zero-order valence-electron chi connectivity index (χ0n) is 25.1. The number of aromatic nitrogens is 2. The van der Waals surface area contributed by atoms with E-state index < -0.39 is 30.0 Å². The predicted molar refractivity (Wildman–Crippen MR) is 166 cm³/mol. The number of nitrogens with one attached hydrogen (secondary N) is 2. The lowest BCUT2D eigenvalue weighted by atomic mass is 9.73. The van der Waals surface area contributed by atoms with Gasteiger partial charge in [0.25, 0.3) is 11.8 Å². The highest BCUT2D eigenvalue weighted by Crippen LogP contribution is 2.43. The molecular formula is C35H31F3N4O4. The van der Waals surface area contributed by atoms with Crippen molar-refractivity contribution in [3.63, 3.8) is 0 Å². The standard InChI is InChI=1S/C35H31F3N4O4/c1-3-6-21-16-28-27(29(32(44)39-2)30(46-28)20-9-11-24(36)12-10-20)17-26(21)22-7-4-8-23(15-22)31(43)42-35(33-40-13-5-14-41-33)18-25(19-35)45-34(37)38/h4-5,7-17,25,34H,3,6,18-19H2,1-2H3,(H,39,44)(H,42,43). The Morgan fingerprint density at radius 1 is 1.00 bits per heavy atom. The minimum Gasteiger partial charge on any atom is -0.455 e. The molecule has 0 unspecified atom stereocenters. The molecule has 0 bridgehead atoms. The van der Waals surface area contributed by atoms with Gasteiger partial charge in [0.15, 0.2) is 5.82 Å². The highest BCUT2D eigenvalue weighted by molar-refractivity contribution is 6.12. The smallest absolute Gasteiger partial charge is 0.345 e. The molecule has 236 valence electrons. The molecule has 1 fully saturated rings. The maximum Gasteiger partial charge on any atom is 0.345 e. The van der Waals surface area contributed by atoms with Gasteiger partial charge < -0.3 is 19.8 Å². The number of ether oxygens (including phenoxy) is 1. The maximum absolute atomic E-state index is 13.7. The van der Waals surface area contributed by atoms with Crippen molar-refractivity contribution in [1.82, 2.24) is 20.6 Å². The number of benzene rings is 3. The van der Waals surface area contributed by atoms with Crippen molar-refractivity contribution < 1.29 is 31.9 Å². The van der Waals surface area contributed by atoms with Crippen LogP contribution in [0.25, 0.3) is 33.4 Å². The molecule has 46 heavy (non-hydrogen) atoms. The Labute approximate surface area is 263 Å². The lowest BCUT2D eigenvalue weighted by Gasteiger charge is -2.46. The van der Waals surface area contributed by atoms with Crippen molar-refractivity contribution in [3.8, 4) is 22.5 Å². The van der Waals surface area contributed by atoms with E-state index in [1.807, 2.05) is 18.2 Å². The molecule has 0 atom stereocenters. The second-order valence-corrected chi connectivity index (χ2v) is 11.3. The van der Waals surface area contributed by atoms with Crippen molar-refractivity contribution in [1.29, 1.82) is 0 Å². The summed E-state index contributed by atoms with van der Waals surface area (Å²) in [4.78, 5) is 35.4. The van der Waals surface area contributed by atoms with Gasteiger partial charge in [-0.2, -0.15) is 8.78 Å². The normalized spacial score (nSPS) is 17.6. The van der Waals surface area contributed by atoms with Crippen molar-refractivity contribution >= 4 is 22.8 Å². The molecule has 2 N–H and O–H groups in total. The first-order chi connectivity index (χ1) is 22.2. The van der Waals surface area contributed by atoms with Gasteiger partial charge >= 0.3 is 6.61 Å². The molecular weight excluding hydrogens is 597 g/mol. The van der Waals surface area contributed by atoms with Gasteiger partial charge in [0.05, 0.1) is 11.7 Å². The SMILES string of the molecule is CCCc1cc2oc(-c3ccc(F)cc3)c(C(=O)NC)c2cc1-c1cccc(C(=O)NC2(c3ncccn3)CC(OC(F)F)C2)c1. The molecule has 1 aliphatic rings. The van der Waals surface area contributed by atoms with Gasteiger partial charge in [-0.25, -0.2) is 14.4 Å². The van der Waals surface area contributed by atoms with E-state index in [2.05, 4.69) is 32.3 Å². The van der Waals surface area contributed by atoms with E-state index in [1.165, 1.54) is 31.6 Å². The van der Waals surface area contributed by atoms with Gasteiger partial charge in [0.1, 0.15) is 22.7 Å². The zero-order valence-corrected chi connectivity index (χ0v) is 25.1. The van der Waals surface area contributed by atoms with Gasteiger partial charge in [0, 0.05) is 48.8 Å². The molecule has 0 aliphatic heterocycles. The summed E-state index contributed by atoms with van der Waals surface area (Å²) < 4.78 is 50.4. The first-order valence-corrected chi connectivity index (χ1v) is 14.9. The predicted octanol–water partition coefficient (Wildman–Crippen LogP) is 7.03. The molecule has 1 saturated carbocycles. The van der Waals surface area contributed by atoms with Crippen LogP contribution in [0.2, 0.25) is 0 Å². The third-order valence-corrected chi connectivity index (χ3v) is 8.22. The number of alkyl halides is 2. The summed E-state index contributed by atoms with van der Waals surface area (Å²) in [5.74, 6) is -0.536. The molecule has 2 amide bonds. The minimum absolute atomic E-state index is 0.100. The number of carbonyl (C=O) groups is 2. The monoisotopic (exact) mass is 628 g/mol. The molecule has 11 heteroatoms. The van der Waals surface area contributed by atoms with Gasteiger partial charge in [0.2, 0.25) is 0 Å². The second-order valence-electron chi connectivity index (χ2n) is 11.3. The number of nitrogens with zero attached hydrogens (tertiary/aromatic N) is 2. The number of aryl methyl sites for hydroxylation is 1. The van der Waals surface area contributed by atoms with Crippen molar-refractivity contribution in [2.75, 3.05) is 7.05 Å². The Hall–Kier alpha value is -5.03. The average Bonchev–Trinajstić information content (AvgIpc) is 3.42. The van der Waals surface area contributed by atoms with Crippen LogP contribution in [0.1, 0.15) is 58.3 Å². The van der Waals surface area contributed by atoms with Crippen LogP contribution in [0.5, 0.6) is 0 Å². The molecule has 0 saturated heterocycles. The number of amides is 2. The molecule has 2 heterocycles. The van der Waals surface area contributed by atoms with E-state index in [9.17, 15) is 22.8 Å². The van der Waals surface area contributed by atoms with Crippen LogP contribution in [0, 0.1) is 5.82 Å².